The number of aromatic nitrogens is 5. The van der Waals surface area contributed by atoms with E-state index in [0.29, 0.717) is 5.56 Å². The quantitative estimate of drug-likeness (QED) is 0.0642. The third-order valence-electron chi connectivity index (χ3n) is 7.88. The zero-order chi connectivity index (χ0) is 41.7. The van der Waals surface area contributed by atoms with Crippen LogP contribution >= 0.6 is 11.6 Å². The molecule has 0 saturated heterocycles. The average Bonchev–Trinajstić information content (AvgIpc) is 3.81. The van der Waals surface area contributed by atoms with Crippen LogP contribution in [0.15, 0.2) is 73.1 Å². The van der Waals surface area contributed by atoms with E-state index < -0.39 is 57.3 Å². The topological polar surface area (TPSA) is 266 Å². The number of carbonyl (C=O) groups excluding carboxylic acids is 5. The van der Waals surface area contributed by atoms with Crippen molar-refractivity contribution < 1.29 is 47.0 Å². The Bertz CT molecular complexity index is 2470. The predicted octanol–water partition coefficient (Wildman–Crippen LogP) is 3.83. The summed E-state index contributed by atoms with van der Waals surface area (Å²) in [6.07, 6.45) is 0.0652. The lowest BCUT2D eigenvalue weighted by Gasteiger charge is -2.31. The van der Waals surface area contributed by atoms with Gasteiger partial charge in [-0.1, -0.05) is 23.7 Å². The SMILES string of the molecule is CCS(=O)(=O)NC(=O)Nc1ccc(CC(C(=O)Nc2ccc3c(c2)cc(C(=O)O)n3C(=O)OC(C)(C)C)N(Nc2cc(Cl)ccc2-n2cnnn2)C(=O)C=O)cc1. The van der Waals surface area contributed by atoms with Crippen molar-refractivity contribution in [3.05, 3.63) is 89.3 Å². The molecule has 20 nitrogen and oxygen atoms in total. The molecule has 0 radical (unpaired) electrons. The van der Waals surface area contributed by atoms with Gasteiger partial charge in [0.15, 0.2) is 0 Å². The van der Waals surface area contributed by atoms with E-state index in [4.69, 9.17) is 16.3 Å². The highest BCUT2D eigenvalue weighted by Crippen LogP contribution is 2.28. The lowest BCUT2D eigenvalue weighted by molar-refractivity contribution is -0.141. The fourth-order valence-corrected chi connectivity index (χ4v) is 5.99. The number of hydrogen-bond donors (Lipinski definition) is 5. The van der Waals surface area contributed by atoms with Gasteiger partial charge in [-0.3, -0.25) is 19.8 Å². The van der Waals surface area contributed by atoms with Gasteiger partial charge >= 0.3 is 24.0 Å². The Labute approximate surface area is 329 Å². The first-order chi connectivity index (χ1) is 26.9. The number of tetrazole rings is 1. The molecule has 57 heavy (non-hydrogen) atoms. The fraction of sp³-hybridized carbons (Fsp3) is 0.229. The second kappa shape index (κ2) is 16.9. The van der Waals surface area contributed by atoms with Crippen molar-refractivity contribution in [2.24, 2.45) is 0 Å². The normalized spacial score (nSPS) is 11.9. The van der Waals surface area contributed by atoms with Crippen molar-refractivity contribution in [3.8, 4) is 5.69 Å². The zero-order valence-corrected chi connectivity index (χ0v) is 32.2. The minimum atomic E-state index is -3.84. The minimum Gasteiger partial charge on any atom is -0.477 e. The molecule has 0 aliphatic rings. The number of nitrogens with one attached hydrogen (secondary N) is 4. The summed E-state index contributed by atoms with van der Waals surface area (Å²) < 4.78 is 33.0. The van der Waals surface area contributed by atoms with E-state index >= 15 is 0 Å². The number of sulfonamides is 1. The highest BCUT2D eigenvalue weighted by atomic mass is 35.5. The third-order valence-corrected chi connectivity index (χ3v) is 9.37. The second-order valence-electron chi connectivity index (χ2n) is 13.1. The molecule has 298 valence electrons. The minimum absolute atomic E-state index is 0.0105. The Hall–Kier alpha value is -6.87. The number of aromatic carboxylic acids is 1. The lowest BCUT2D eigenvalue weighted by atomic mass is 10.0. The van der Waals surface area contributed by atoms with Crippen LogP contribution in [0.4, 0.5) is 26.7 Å². The van der Waals surface area contributed by atoms with E-state index in [-0.39, 0.29) is 57.1 Å². The van der Waals surface area contributed by atoms with Crippen molar-refractivity contribution in [1.29, 1.82) is 0 Å². The maximum atomic E-state index is 14.3. The number of aldehydes is 1. The van der Waals surface area contributed by atoms with Gasteiger partial charge in [-0.15, -0.1) is 5.10 Å². The van der Waals surface area contributed by atoms with Crippen LogP contribution in [0, 0.1) is 0 Å². The van der Waals surface area contributed by atoms with Crippen LogP contribution in [-0.4, -0.2) is 96.9 Å². The summed E-state index contributed by atoms with van der Waals surface area (Å²) in [6, 6.07) is 13.2. The molecule has 5 rings (SSSR count). The zero-order valence-electron chi connectivity index (χ0n) is 30.6. The van der Waals surface area contributed by atoms with Crippen molar-refractivity contribution in [3.63, 3.8) is 0 Å². The molecule has 5 N–H and O–H groups in total. The first-order valence-electron chi connectivity index (χ1n) is 16.8. The van der Waals surface area contributed by atoms with Gasteiger partial charge in [0.05, 0.1) is 22.6 Å². The summed E-state index contributed by atoms with van der Waals surface area (Å²) in [5, 5.41) is 27.3. The molecule has 0 aliphatic carbocycles. The summed E-state index contributed by atoms with van der Waals surface area (Å²) in [7, 11) is -3.84. The average molecular weight is 823 g/mol. The highest BCUT2D eigenvalue weighted by molar-refractivity contribution is 7.90. The van der Waals surface area contributed by atoms with Crippen molar-refractivity contribution in [1.82, 2.24) is 34.5 Å². The summed E-state index contributed by atoms with van der Waals surface area (Å²) >= 11 is 6.29. The van der Waals surface area contributed by atoms with Gasteiger partial charge < -0.3 is 20.5 Å². The number of urea groups is 1. The number of hydrazine groups is 1. The number of carbonyl (C=O) groups is 6. The fourth-order valence-electron chi connectivity index (χ4n) is 5.34. The Morgan fingerprint density at radius 3 is 2.30 bits per heavy atom. The first kappa shape index (κ1) is 41.3. The summed E-state index contributed by atoms with van der Waals surface area (Å²) in [6.45, 7) is 6.24. The number of halogens is 1. The van der Waals surface area contributed by atoms with Crippen LogP contribution < -0.4 is 20.8 Å². The number of rotatable bonds is 13. The van der Waals surface area contributed by atoms with Crippen LogP contribution in [0.1, 0.15) is 43.7 Å². The van der Waals surface area contributed by atoms with E-state index in [1.165, 1.54) is 84.7 Å². The molecule has 4 amide bonds. The van der Waals surface area contributed by atoms with Gasteiger partial charge in [0.25, 0.3) is 0 Å². The molecule has 0 aliphatic heterocycles. The summed E-state index contributed by atoms with van der Waals surface area (Å²) in [5.41, 5.74) is 2.77. The van der Waals surface area contributed by atoms with E-state index in [9.17, 15) is 42.3 Å². The van der Waals surface area contributed by atoms with E-state index in [1.807, 2.05) is 4.72 Å². The summed E-state index contributed by atoms with van der Waals surface area (Å²) in [5.74, 6) is -3.75. The summed E-state index contributed by atoms with van der Waals surface area (Å²) in [4.78, 5) is 77.1. The highest BCUT2D eigenvalue weighted by Gasteiger charge is 2.32. The maximum absolute atomic E-state index is 14.3. The molecule has 1 atom stereocenters. The van der Waals surface area contributed by atoms with Gasteiger partial charge in [-0.25, -0.2) is 37.1 Å². The Morgan fingerprint density at radius 1 is 0.982 bits per heavy atom. The second-order valence-corrected chi connectivity index (χ2v) is 15.6. The van der Waals surface area contributed by atoms with E-state index in [0.717, 1.165) is 9.58 Å². The standard InChI is InChI=1S/C35H35ClN10O10S/c1-5-57(54,55)41-33(52)39-23-9-6-20(7-10-23)14-28(46(30(48)18-47)40-25-17-22(36)8-12-27(25)44-19-37-42-43-44)31(49)38-24-11-13-26-21(15-24)16-29(32(50)51)45(26)34(53)56-35(2,3)4/h6-13,15-19,28,40H,5,14H2,1-4H3,(H,38,49)(H,50,51)(H2,39,41,52). The van der Waals surface area contributed by atoms with Gasteiger partial charge in [0.1, 0.15) is 23.7 Å². The number of amides is 4. The molecule has 2 heterocycles. The van der Waals surface area contributed by atoms with Crippen molar-refractivity contribution >= 4 is 85.8 Å². The number of carboxylic acid groups (broad SMARTS) is 1. The molecule has 1 unspecified atom stereocenters. The molecule has 0 spiro atoms. The number of ether oxygens (including phenoxy) is 1. The van der Waals surface area contributed by atoms with E-state index in [2.05, 4.69) is 31.6 Å². The molecule has 2 aromatic heterocycles. The number of carboxylic acids is 1. The number of nitrogens with zero attached hydrogens (tertiary/aromatic N) is 6. The van der Waals surface area contributed by atoms with Crippen molar-refractivity contribution in [2.45, 2.75) is 45.8 Å². The van der Waals surface area contributed by atoms with Crippen LogP contribution in [-0.2, 0) is 35.6 Å². The third kappa shape index (κ3) is 10.3. The number of fused-ring (bicyclic) bond motifs is 1. The van der Waals surface area contributed by atoms with Crippen LogP contribution in [0.25, 0.3) is 16.6 Å². The van der Waals surface area contributed by atoms with Crippen molar-refractivity contribution in [2.75, 3.05) is 21.8 Å². The number of hydrogen-bond acceptors (Lipinski definition) is 13. The monoisotopic (exact) mass is 822 g/mol. The molecule has 22 heteroatoms. The largest absolute Gasteiger partial charge is 0.477 e. The van der Waals surface area contributed by atoms with Crippen LogP contribution in [0.5, 0.6) is 0 Å². The maximum Gasteiger partial charge on any atom is 0.419 e. The number of benzene rings is 3. The van der Waals surface area contributed by atoms with E-state index in [1.54, 1.807) is 20.8 Å². The lowest BCUT2D eigenvalue weighted by Crippen LogP contribution is -2.52. The Balaban J connectivity index is 1.52. The van der Waals surface area contributed by atoms with Gasteiger partial charge in [0, 0.05) is 28.2 Å². The molecule has 3 aromatic carbocycles. The molecule has 0 fully saturated rings. The Kier molecular flexibility index (Phi) is 12.2. The van der Waals surface area contributed by atoms with Gasteiger partial charge in [-0.2, -0.15) is 4.68 Å². The van der Waals surface area contributed by atoms with Gasteiger partial charge in [0.2, 0.25) is 22.2 Å². The smallest absolute Gasteiger partial charge is 0.419 e. The molecular formula is C35H35ClN10O10S. The van der Waals surface area contributed by atoms with Crippen LogP contribution in [0.3, 0.4) is 0 Å². The van der Waals surface area contributed by atoms with Gasteiger partial charge in [-0.05, 0) is 98.3 Å². The molecule has 5 aromatic rings. The molecular weight excluding hydrogens is 788 g/mol. The Morgan fingerprint density at radius 2 is 1.68 bits per heavy atom. The number of anilines is 3. The predicted molar refractivity (Wildman–Crippen MR) is 205 cm³/mol. The molecule has 0 saturated carbocycles. The molecule has 0 bridgehead atoms. The van der Waals surface area contributed by atoms with Crippen LogP contribution in [0.2, 0.25) is 5.02 Å². The first-order valence-corrected chi connectivity index (χ1v) is 18.8.